The van der Waals surface area contributed by atoms with Gasteiger partial charge in [-0.05, 0) is 25.3 Å². The summed E-state index contributed by atoms with van der Waals surface area (Å²) in [6.45, 7) is 2.14. The monoisotopic (exact) mass is 180 g/mol. The number of hydrogen-bond acceptors (Lipinski definition) is 2. The lowest BCUT2D eigenvalue weighted by Gasteiger charge is -2.18. The van der Waals surface area contributed by atoms with Gasteiger partial charge in [0.1, 0.15) is 6.10 Å². The van der Waals surface area contributed by atoms with Gasteiger partial charge in [0.15, 0.2) is 0 Å². The molecule has 1 aromatic rings. The van der Waals surface area contributed by atoms with Crippen LogP contribution in [-0.4, -0.2) is 14.9 Å². The summed E-state index contributed by atoms with van der Waals surface area (Å²) in [6, 6.07) is 1.90. The van der Waals surface area contributed by atoms with E-state index in [1.807, 2.05) is 19.3 Å². The summed E-state index contributed by atoms with van der Waals surface area (Å²) < 4.78 is 1.74. The second kappa shape index (κ2) is 2.84. The lowest BCUT2D eigenvalue weighted by atomic mass is 9.94. The van der Waals surface area contributed by atoms with Gasteiger partial charge in [0.05, 0.1) is 5.69 Å². The normalized spacial score (nSPS) is 21.5. The van der Waals surface area contributed by atoms with E-state index in [0.29, 0.717) is 0 Å². The molecule has 0 amide bonds. The van der Waals surface area contributed by atoms with Crippen LogP contribution in [0.3, 0.4) is 0 Å². The van der Waals surface area contributed by atoms with Gasteiger partial charge in [-0.15, -0.1) is 0 Å². The Labute approximate surface area is 78.4 Å². The van der Waals surface area contributed by atoms with Gasteiger partial charge in [-0.3, -0.25) is 4.68 Å². The van der Waals surface area contributed by atoms with Gasteiger partial charge in [-0.1, -0.05) is 6.92 Å². The molecule has 1 aromatic heterocycles. The highest BCUT2D eigenvalue weighted by atomic mass is 16.3. The number of hydrogen-bond donors (Lipinski definition) is 1. The van der Waals surface area contributed by atoms with Crippen LogP contribution in [0.1, 0.15) is 38.0 Å². The molecule has 2 rings (SSSR count). The summed E-state index contributed by atoms with van der Waals surface area (Å²) in [5.74, 6) is 0. The van der Waals surface area contributed by atoms with Crippen molar-refractivity contribution in [2.45, 2.75) is 32.3 Å². The Morgan fingerprint density at radius 3 is 2.77 bits per heavy atom. The molecule has 3 heteroatoms. The smallest absolute Gasteiger partial charge is 0.103 e. The zero-order valence-electron chi connectivity index (χ0n) is 8.20. The van der Waals surface area contributed by atoms with E-state index in [4.69, 9.17) is 0 Å². The second-order valence-electron chi connectivity index (χ2n) is 4.03. The maximum atomic E-state index is 10.0. The average molecular weight is 180 g/mol. The van der Waals surface area contributed by atoms with Crippen molar-refractivity contribution in [1.29, 1.82) is 0 Å². The Hall–Kier alpha value is -0.830. The van der Waals surface area contributed by atoms with Crippen molar-refractivity contribution in [2.75, 3.05) is 0 Å². The maximum absolute atomic E-state index is 10.0. The van der Waals surface area contributed by atoms with E-state index in [9.17, 15) is 5.11 Å². The van der Waals surface area contributed by atoms with Crippen LogP contribution in [0.5, 0.6) is 0 Å². The SMILES string of the molecule is CCC1(C(O)c2ccn(C)n2)CC1. The Bertz CT molecular complexity index is 302. The molecular formula is C10H16N2O. The lowest BCUT2D eigenvalue weighted by molar-refractivity contribution is 0.0856. The van der Waals surface area contributed by atoms with Gasteiger partial charge in [0.25, 0.3) is 0 Å². The van der Waals surface area contributed by atoms with Crippen LogP contribution in [0.2, 0.25) is 0 Å². The molecule has 0 spiro atoms. The van der Waals surface area contributed by atoms with E-state index in [1.165, 1.54) is 0 Å². The van der Waals surface area contributed by atoms with E-state index >= 15 is 0 Å². The molecule has 3 nitrogen and oxygen atoms in total. The van der Waals surface area contributed by atoms with Gasteiger partial charge in [-0.2, -0.15) is 5.10 Å². The van der Waals surface area contributed by atoms with Gasteiger partial charge in [0.2, 0.25) is 0 Å². The summed E-state index contributed by atoms with van der Waals surface area (Å²) in [5, 5.41) is 14.3. The topological polar surface area (TPSA) is 38.0 Å². The molecule has 1 aliphatic carbocycles. The Morgan fingerprint density at radius 2 is 2.38 bits per heavy atom. The molecule has 0 saturated heterocycles. The summed E-state index contributed by atoms with van der Waals surface area (Å²) in [7, 11) is 1.88. The van der Waals surface area contributed by atoms with Gasteiger partial charge < -0.3 is 5.11 Å². The molecule has 0 radical (unpaired) electrons. The molecule has 1 unspecified atom stereocenters. The van der Waals surface area contributed by atoms with Crippen molar-refractivity contribution in [2.24, 2.45) is 12.5 Å². The second-order valence-corrected chi connectivity index (χ2v) is 4.03. The quantitative estimate of drug-likeness (QED) is 0.768. The van der Waals surface area contributed by atoms with E-state index in [0.717, 1.165) is 25.0 Å². The molecule has 72 valence electrons. The number of aromatic nitrogens is 2. The molecule has 0 aliphatic heterocycles. The average Bonchev–Trinajstić information content (AvgIpc) is 2.82. The Morgan fingerprint density at radius 1 is 1.69 bits per heavy atom. The van der Waals surface area contributed by atoms with Crippen LogP contribution in [-0.2, 0) is 7.05 Å². The standard InChI is InChI=1S/C10H16N2O/c1-3-10(5-6-10)9(13)8-4-7-12(2)11-8/h4,7,9,13H,3,5-6H2,1-2H3. The predicted molar refractivity (Wildman–Crippen MR) is 50.1 cm³/mol. The van der Waals surface area contributed by atoms with E-state index in [2.05, 4.69) is 12.0 Å². The van der Waals surface area contributed by atoms with E-state index < -0.39 is 0 Å². The highest BCUT2D eigenvalue weighted by Crippen LogP contribution is 2.56. The molecule has 13 heavy (non-hydrogen) atoms. The molecule has 1 saturated carbocycles. The van der Waals surface area contributed by atoms with Crippen LogP contribution in [0.25, 0.3) is 0 Å². The van der Waals surface area contributed by atoms with Crippen molar-refractivity contribution in [3.63, 3.8) is 0 Å². The first kappa shape index (κ1) is 8.75. The number of aryl methyl sites for hydroxylation is 1. The predicted octanol–water partition coefficient (Wildman–Crippen LogP) is 1.64. The first-order valence-corrected chi connectivity index (χ1v) is 4.85. The molecule has 0 aromatic carbocycles. The summed E-state index contributed by atoms with van der Waals surface area (Å²) in [6.07, 6.45) is 4.84. The van der Waals surface area contributed by atoms with Crippen molar-refractivity contribution in [1.82, 2.24) is 9.78 Å². The van der Waals surface area contributed by atoms with Crippen LogP contribution in [0.4, 0.5) is 0 Å². The minimum absolute atomic E-state index is 0.147. The molecule has 1 fully saturated rings. The van der Waals surface area contributed by atoms with E-state index in [1.54, 1.807) is 4.68 Å². The Kier molecular flexibility index (Phi) is 1.91. The van der Waals surface area contributed by atoms with Gasteiger partial charge in [0, 0.05) is 18.7 Å². The Balaban J connectivity index is 2.17. The van der Waals surface area contributed by atoms with Crippen LogP contribution in [0, 0.1) is 5.41 Å². The van der Waals surface area contributed by atoms with E-state index in [-0.39, 0.29) is 11.5 Å². The first-order chi connectivity index (χ1) is 6.18. The van der Waals surface area contributed by atoms with Gasteiger partial charge in [-0.25, -0.2) is 0 Å². The third-order valence-electron chi connectivity index (χ3n) is 3.19. The summed E-state index contributed by atoms with van der Waals surface area (Å²) >= 11 is 0. The molecular weight excluding hydrogens is 164 g/mol. The minimum atomic E-state index is -0.362. The van der Waals surface area contributed by atoms with Crippen molar-refractivity contribution < 1.29 is 5.11 Å². The fraction of sp³-hybridized carbons (Fsp3) is 0.700. The minimum Gasteiger partial charge on any atom is -0.386 e. The molecule has 1 aliphatic rings. The van der Waals surface area contributed by atoms with Gasteiger partial charge >= 0.3 is 0 Å². The largest absolute Gasteiger partial charge is 0.386 e. The number of nitrogens with zero attached hydrogens (tertiary/aromatic N) is 2. The van der Waals surface area contributed by atoms with Crippen LogP contribution in [0.15, 0.2) is 12.3 Å². The molecule has 1 N–H and O–H groups in total. The van der Waals surface area contributed by atoms with Crippen LogP contribution < -0.4 is 0 Å². The molecule has 0 bridgehead atoms. The first-order valence-electron chi connectivity index (χ1n) is 4.85. The highest BCUT2D eigenvalue weighted by Gasteiger charge is 2.48. The zero-order valence-corrected chi connectivity index (χ0v) is 8.20. The van der Waals surface area contributed by atoms with Crippen molar-refractivity contribution >= 4 is 0 Å². The molecule has 1 heterocycles. The fourth-order valence-electron chi connectivity index (χ4n) is 1.87. The zero-order chi connectivity index (χ0) is 9.47. The number of aliphatic hydroxyl groups is 1. The highest BCUT2D eigenvalue weighted by molar-refractivity contribution is 5.12. The maximum Gasteiger partial charge on any atom is 0.103 e. The lowest BCUT2D eigenvalue weighted by Crippen LogP contribution is -2.13. The fourth-order valence-corrected chi connectivity index (χ4v) is 1.87. The van der Waals surface area contributed by atoms with Crippen molar-refractivity contribution in [3.05, 3.63) is 18.0 Å². The van der Waals surface area contributed by atoms with Crippen molar-refractivity contribution in [3.8, 4) is 0 Å². The molecule has 1 atom stereocenters. The third kappa shape index (κ3) is 1.37. The van der Waals surface area contributed by atoms with Crippen LogP contribution >= 0.6 is 0 Å². The summed E-state index contributed by atoms with van der Waals surface area (Å²) in [4.78, 5) is 0. The third-order valence-corrected chi connectivity index (χ3v) is 3.19. The summed E-state index contributed by atoms with van der Waals surface area (Å²) in [5.41, 5.74) is 0.968. The number of aliphatic hydroxyl groups excluding tert-OH is 1. The number of rotatable bonds is 3.